The molecule has 13 aromatic rings. The van der Waals surface area contributed by atoms with Gasteiger partial charge in [0.25, 0.3) is 0 Å². The molecular formula is C66H45NOSi. The van der Waals surface area contributed by atoms with Crippen molar-refractivity contribution in [3.05, 3.63) is 273 Å². The van der Waals surface area contributed by atoms with Crippen molar-refractivity contribution in [1.82, 2.24) is 0 Å². The van der Waals surface area contributed by atoms with Crippen molar-refractivity contribution in [2.45, 2.75) is 0 Å². The van der Waals surface area contributed by atoms with Gasteiger partial charge in [-0.2, -0.15) is 0 Å². The molecule has 2 nitrogen and oxygen atoms in total. The number of para-hydroxylation sites is 2. The first kappa shape index (κ1) is 40.5. The molecule has 0 bridgehead atoms. The molecule has 0 N–H and O–H groups in total. The Hall–Kier alpha value is -8.76. The zero-order valence-electron chi connectivity index (χ0n) is 37.8. The predicted octanol–water partition coefficient (Wildman–Crippen LogP) is 15.2. The lowest BCUT2D eigenvalue weighted by molar-refractivity contribution is 0.672. The van der Waals surface area contributed by atoms with Crippen LogP contribution in [0.4, 0.5) is 17.1 Å². The highest BCUT2D eigenvalue weighted by Crippen LogP contribution is 2.43. The molecule has 0 radical (unpaired) electrons. The lowest BCUT2D eigenvalue weighted by atomic mass is 10.00. The Kier molecular flexibility index (Phi) is 9.88. The third-order valence-corrected chi connectivity index (χ3v) is 19.0. The summed E-state index contributed by atoms with van der Waals surface area (Å²) in [7, 11) is -2.97. The van der Waals surface area contributed by atoms with Gasteiger partial charge in [0.05, 0.1) is 5.69 Å². The van der Waals surface area contributed by atoms with Crippen LogP contribution in [0, 0.1) is 0 Å². The van der Waals surface area contributed by atoms with E-state index in [9.17, 15) is 0 Å². The highest BCUT2D eigenvalue weighted by Gasteiger charge is 2.43. The van der Waals surface area contributed by atoms with Crippen LogP contribution in [0.2, 0.25) is 0 Å². The first-order valence-electron chi connectivity index (χ1n) is 23.7. The maximum Gasteiger partial charge on any atom is 0.180 e. The number of anilines is 3. The van der Waals surface area contributed by atoms with Crippen molar-refractivity contribution >= 4 is 100 Å². The second kappa shape index (κ2) is 16.8. The molecule has 0 atom stereocenters. The largest absolute Gasteiger partial charge is 0.455 e. The highest BCUT2D eigenvalue weighted by atomic mass is 28.3. The average molecular weight is 896 g/mol. The first-order chi connectivity index (χ1) is 34.2. The molecule has 69 heavy (non-hydrogen) atoms. The molecule has 0 amide bonds. The van der Waals surface area contributed by atoms with Crippen LogP contribution in [-0.2, 0) is 0 Å². The molecule has 13 rings (SSSR count). The van der Waals surface area contributed by atoms with Crippen molar-refractivity contribution in [2.24, 2.45) is 0 Å². The van der Waals surface area contributed by atoms with Crippen LogP contribution in [0.15, 0.2) is 277 Å². The summed E-state index contributed by atoms with van der Waals surface area (Å²) in [6, 6.07) is 100. The number of furan rings is 1. The number of hydrogen-bond donors (Lipinski definition) is 0. The van der Waals surface area contributed by atoms with Gasteiger partial charge in [0.1, 0.15) is 11.2 Å². The summed E-state index contributed by atoms with van der Waals surface area (Å²) in [4.78, 5) is 2.40. The highest BCUT2D eigenvalue weighted by molar-refractivity contribution is 7.20. The van der Waals surface area contributed by atoms with Crippen molar-refractivity contribution in [1.29, 1.82) is 0 Å². The smallest absolute Gasteiger partial charge is 0.180 e. The molecule has 0 fully saturated rings. The maximum absolute atomic E-state index is 6.61. The molecule has 1 aromatic heterocycles. The normalized spacial score (nSPS) is 11.8. The zero-order chi connectivity index (χ0) is 45.7. The monoisotopic (exact) mass is 895 g/mol. The number of benzene rings is 12. The van der Waals surface area contributed by atoms with Gasteiger partial charge in [0, 0.05) is 33.1 Å². The first-order valence-corrected chi connectivity index (χ1v) is 25.7. The Morgan fingerprint density at radius 3 is 1.65 bits per heavy atom. The van der Waals surface area contributed by atoms with Crippen molar-refractivity contribution in [2.75, 3.05) is 4.90 Å². The summed E-state index contributed by atoms with van der Waals surface area (Å²) in [5, 5.41) is 15.0. The van der Waals surface area contributed by atoms with Crippen LogP contribution in [0.25, 0.3) is 76.5 Å². The predicted molar refractivity (Wildman–Crippen MR) is 295 cm³/mol. The third kappa shape index (κ3) is 6.78. The van der Waals surface area contributed by atoms with E-state index in [1.807, 2.05) is 6.07 Å². The van der Waals surface area contributed by atoms with Gasteiger partial charge in [-0.3, -0.25) is 0 Å². The van der Waals surface area contributed by atoms with Crippen LogP contribution in [0.5, 0.6) is 0 Å². The number of nitrogens with zero attached hydrogens (tertiary/aromatic N) is 1. The van der Waals surface area contributed by atoms with E-state index in [1.165, 1.54) is 47.9 Å². The van der Waals surface area contributed by atoms with E-state index in [-0.39, 0.29) is 0 Å². The Labute approximate surface area is 402 Å². The van der Waals surface area contributed by atoms with Crippen LogP contribution >= 0.6 is 0 Å². The fraction of sp³-hybridized carbons (Fsp3) is 0. The zero-order valence-corrected chi connectivity index (χ0v) is 38.8. The van der Waals surface area contributed by atoms with Gasteiger partial charge < -0.3 is 9.32 Å². The van der Waals surface area contributed by atoms with Crippen molar-refractivity contribution in [3.63, 3.8) is 0 Å². The number of fused-ring (bicyclic) bond motifs is 8. The second-order valence-corrected chi connectivity index (χ2v) is 21.7. The maximum atomic E-state index is 6.61. The van der Waals surface area contributed by atoms with E-state index in [4.69, 9.17) is 4.42 Å². The molecule has 12 aromatic carbocycles. The lowest BCUT2D eigenvalue weighted by Gasteiger charge is -2.36. The summed E-state index contributed by atoms with van der Waals surface area (Å²) < 4.78 is 6.61. The van der Waals surface area contributed by atoms with Gasteiger partial charge >= 0.3 is 0 Å². The van der Waals surface area contributed by atoms with Crippen LogP contribution in [0.1, 0.15) is 0 Å². The topological polar surface area (TPSA) is 16.4 Å². The molecule has 0 unspecified atom stereocenters. The van der Waals surface area contributed by atoms with Crippen LogP contribution in [0.3, 0.4) is 0 Å². The Morgan fingerprint density at radius 2 is 0.884 bits per heavy atom. The van der Waals surface area contributed by atoms with Gasteiger partial charge in [-0.15, -0.1) is 0 Å². The molecule has 0 saturated carbocycles. The molecule has 0 aliphatic heterocycles. The summed E-state index contributed by atoms with van der Waals surface area (Å²) in [6.07, 6.45) is 0. The van der Waals surface area contributed by atoms with E-state index in [1.54, 1.807) is 0 Å². The van der Waals surface area contributed by atoms with Gasteiger partial charge in [-0.05, 0) is 107 Å². The standard InChI is InChI=1S/C66H45NOSi/c1-4-19-47(20-5-1)57-29-14-16-33-63(57)67(52-41-37-48-38-42-61-59-31-15-17-34-64(59)68-66(61)62(48)45-52)51-39-35-46(36-40-51)49-22-18-27-55(43-49)69(53-23-6-2-7-24-53,54-25-8-3-9-26-54)65-44-50-21-10-11-28-56(50)58-30-12-13-32-60(58)65/h1-45H. The van der Waals surface area contributed by atoms with Gasteiger partial charge in [0.2, 0.25) is 0 Å². The molecular weight excluding hydrogens is 851 g/mol. The van der Waals surface area contributed by atoms with E-state index >= 15 is 0 Å². The SMILES string of the molecule is c1ccc(-c2ccccc2N(c2ccc(-c3cccc([Si](c4ccccc4)(c4ccccc4)c4cc5ccccc5c5ccccc45)c3)cc2)c2ccc3ccc4c5ccccc5oc4c3c2)cc1. The Bertz CT molecular complexity index is 3970. The fourth-order valence-corrected chi connectivity index (χ4v) is 16.1. The average Bonchev–Trinajstić information content (AvgIpc) is 3.82. The molecule has 0 spiro atoms. The van der Waals surface area contributed by atoms with E-state index < -0.39 is 8.07 Å². The van der Waals surface area contributed by atoms with Gasteiger partial charge in [-0.25, -0.2) is 0 Å². The van der Waals surface area contributed by atoms with E-state index in [0.29, 0.717) is 0 Å². The summed E-state index contributed by atoms with van der Waals surface area (Å²) in [6.45, 7) is 0. The Balaban J connectivity index is 0.994. The van der Waals surface area contributed by atoms with E-state index in [0.717, 1.165) is 66.5 Å². The molecule has 1 heterocycles. The Morgan fingerprint density at radius 1 is 0.304 bits per heavy atom. The lowest BCUT2D eigenvalue weighted by Crippen LogP contribution is -2.74. The molecule has 0 saturated heterocycles. The number of hydrogen-bond acceptors (Lipinski definition) is 2. The van der Waals surface area contributed by atoms with Crippen LogP contribution < -0.4 is 25.6 Å². The number of rotatable bonds is 9. The van der Waals surface area contributed by atoms with Crippen molar-refractivity contribution in [3.8, 4) is 22.3 Å². The second-order valence-electron chi connectivity index (χ2n) is 18.0. The summed E-state index contributed by atoms with van der Waals surface area (Å²) >= 11 is 0. The molecule has 0 aliphatic rings. The minimum atomic E-state index is -2.97. The van der Waals surface area contributed by atoms with Gasteiger partial charge in [0.15, 0.2) is 8.07 Å². The minimum Gasteiger partial charge on any atom is -0.455 e. The molecule has 324 valence electrons. The van der Waals surface area contributed by atoms with Crippen molar-refractivity contribution < 1.29 is 4.42 Å². The molecule has 3 heteroatoms. The summed E-state index contributed by atoms with van der Waals surface area (Å²) in [5.41, 5.74) is 9.68. The van der Waals surface area contributed by atoms with Gasteiger partial charge in [-0.1, -0.05) is 231 Å². The quantitative estimate of drug-likeness (QED) is 0.0815. The summed E-state index contributed by atoms with van der Waals surface area (Å²) in [5.74, 6) is 0. The molecule has 0 aliphatic carbocycles. The third-order valence-electron chi connectivity index (χ3n) is 14.2. The van der Waals surface area contributed by atoms with E-state index in [2.05, 4.69) is 272 Å². The van der Waals surface area contributed by atoms with Crippen LogP contribution in [-0.4, -0.2) is 8.07 Å². The fourth-order valence-electron chi connectivity index (χ4n) is 11.0. The minimum absolute atomic E-state index is 0.898.